The van der Waals surface area contributed by atoms with Crippen LogP contribution in [0.25, 0.3) is 22.5 Å². The van der Waals surface area contributed by atoms with Gasteiger partial charge in [0.2, 0.25) is 0 Å². The predicted molar refractivity (Wildman–Crippen MR) is 113 cm³/mol. The molecule has 1 aliphatic carbocycles. The second-order valence-electron chi connectivity index (χ2n) is 6.85. The van der Waals surface area contributed by atoms with E-state index in [0.717, 1.165) is 53.0 Å². The van der Waals surface area contributed by atoms with Crippen LogP contribution in [0.1, 0.15) is 18.4 Å². The maximum Gasteiger partial charge on any atom is 0.182 e. The zero-order valence-electron chi connectivity index (χ0n) is 16.3. The Morgan fingerprint density at radius 1 is 1.07 bits per heavy atom. The fourth-order valence-electron chi connectivity index (χ4n) is 3.58. The summed E-state index contributed by atoms with van der Waals surface area (Å²) in [4.78, 5) is 0. The van der Waals surface area contributed by atoms with Gasteiger partial charge in [-0.1, -0.05) is 72.6 Å². The SMILES string of the molecule is BCc1ccc(-c2ccccc2-c2nnnn2CC2=C(OC)CCC=C2)cc1. The van der Waals surface area contributed by atoms with Gasteiger partial charge in [0.15, 0.2) is 5.82 Å². The third kappa shape index (κ3) is 3.63. The summed E-state index contributed by atoms with van der Waals surface area (Å²) in [6.45, 7) is 0.588. The van der Waals surface area contributed by atoms with Crippen molar-refractivity contribution < 1.29 is 4.74 Å². The van der Waals surface area contributed by atoms with Crippen molar-refractivity contribution in [1.82, 2.24) is 20.2 Å². The van der Waals surface area contributed by atoms with Gasteiger partial charge in [-0.25, -0.2) is 4.68 Å². The summed E-state index contributed by atoms with van der Waals surface area (Å²) in [7, 11) is 3.89. The number of nitrogens with zero attached hydrogens (tertiary/aromatic N) is 4. The van der Waals surface area contributed by atoms with Gasteiger partial charge in [0, 0.05) is 17.6 Å². The van der Waals surface area contributed by atoms with Crippen LogP contribution in [0.2, 0.25) is 0 Å². The van der Waals surface area contributed by atoms with Crippen molar-refractivity contribution in [3.05, 3.63) is 77.6 Å². The van der Waals surface area contributed by atoms with Gasteiger partial charge in [0.25, 0.3) is 0 Å². The molecule has 4 rings (SSSR count). The van der Waals surface area contributed by atoms with E-state index in [0.29, 0.717) is 6.54 Å². The zero-order chi connectivity index (χ0) is 19.3. The highest BCUT2D eigenvalue weighted by Crippen LogP contribution is 2.31. The smallest absolute Gasteiger partial charge is 0.182 e. The molecule has 0 spiro atoms. The normalized spacial score (nSPS) is 13.8. The Morgan fingerprint density at radius 2 is 1.86 bits per heavy atom. The van der Waals surface area contributed by atoms with E-state index in [9.17, 15) is 0 Å². The number of aromatic nitrogens is 4. The first kappa shape index (κ1) is 18.2. The summed E-state index contributed by atoms with van der Waals surface area (Å²) in [5, 5.41) is 12.5. The van der Waals surface area contributed by atoms with Crippen LogP contribution < -0.4 is 0 Å². The van der Waals surface area contributed by atoms with E-state index in [4.69, 9.17) is 4.74 Å². The highest BCUT2D eigenvalue weighted by atomic mass is 16.5. The maximum atomic E-state index is 5.56. The number of hydrogen-bond donors (Lipinski definition) is 0. The van der Waals surface area contributed by atoms with Crippen molar-refractivity contribution in [3.63, 3.8) is 0 Å². The van der Waals surface area contributed by atoms with Gasteiger partial charge in [-0.2, -0.15) is 0 Å². The van der Waals surface area contributed by atoms with Crippen LogP contribution in [0, 0.1) is 0 Å². The van der Waals surface area contributed by atoms with Crippen molar-refractivity contribution in [2.75, 3.05) is 7.11 Å². The molecule has 3 aromatic rings. The molecule has 1 aromatic heterocycles. The summed E-state index contributed by atoms with van der Waals surface area (Å²) in [5.74, 6) is 1.77. The second kappa shape index (κ2) is 8.25. The molecule has 28 heavy (non-hydrogen) atoms. The molecule has 0 saturated heterocycles. The van der Waals surface area contributed by atoms with Crippen LogP contribution in [0.4, 0.5) is 0 Å². The molecule has 1 heterocycles. The van der Waals surface area contributed by atoms with Crippen molar-refractivity contribution in [3.8, 4) is 22.5 Å². The molecule has 6 heteroatoms. The molecule has 2 aromatic carbocycles. The Bertz CT molecular complexity index is 1020. The first-order valence-electron chi connectivity index (χ1n) is 9.67. The lowest BCUT2D eigenvalue weighted by Crippen LogP contribution is -2.09. The highest BCUT2D eigenvalue weighted by Gasteiger charge is 2.17. The quantitative estimate of drug-likeness (QED) is 0.624. The van der Waals surface area contributed by atoms with E-state index in [1.54, 1.807) is 7.11 Å². The Balaban J connectivity index is 1.73. The molecule has 5 nitrogen and oxygen atoms in total. The summed E-state index contributed by atoms with van der Waals surface area (Å²) in [6, 6.07) is 17.0. The Kier molecular flexibility index (Phi) is 5.37. The first-order chi connectivity index (χ1) is 13.8. The van der Waals surface area contributed by atoms with Gasteiger partial charge in [-0.15, -0.1) is 5.10 Å². The Morgan fingerprint density at radius 3 is 2.61 bits per heavy atom. The molecular weight excluding hydrogens is 347 g/mol. The van der Waals surface area contributed by atoms with E-state index in [-0.39, 0.29) is 0 Å². The summed E-state index contributed by atoms with van der Waals surface area (Å²) >= 11 is 0. The molecule has 0 amide bonds. The Hall–Kier alpha value is -3.15. The number of benzene rings is 2. The molecule has 0 unspecified atom stereocenters. The van der Waals surface area contributed by atoms with Gasteiger partial charge >= 0.3 is 0 Å². The zero-order valence-corrected chi connectivity index (χ0v) is 16.3. The molecule has 0 atom stereocenters. The molecule has 0 bridgehead atoms. The number of ether oxygens (including phenoxy) is 1. The van der Waals surface area contributed by atoms with Gasteiger partial charge in [0.05, 0.1) is 13.7 Å². The lowest BCUT2D eigenvalue weighted by atomic mass is 9.93. The van der Waals surface area contributed by atoms with E-state index in [2.05, 4.69) is 78.0 Å². The fraction of sp³-hybridized carbons (Fsp3) is 0.227. The van der Waals surface area contributed by atoms with Crippen LogP contribution >= 0.6 is 0 Å². The van der Waals surface area contributed by atoms with Crippen LogP contribution in [-0.4, -0.2) is 35.2 Å². The average Bonchev–Trinajstić information content (AvgIpc) is 3.22. The van der Waals surface area contributed by atoms with Crippen LogP contribution in [-0.2, 0) is 17.6 Å². The van der Waals surface area contributed by atoms with E-state index >= 15 is 0 Å². The minimum Gasteiger partial charge on any atom is -0.501 e. The average molecular weight is 370 g/mol. The van der Waals surface area contributed by atoms with Gasteiger partial charge in [-0.3, -0.25) is 0 Å². The number of allylic oxidation sites excluding steroid dienone is 4. The monoisotopic (exact) mass is 370 g/mol. The number of methoxy groups -OCH3 is 1. The minimum atomic E-state index is 0.588. The standard InChI is InChI=1S/C22H23BN4O/c1-28-21-9-5-2-6-18(21)15-27-22(24-25-26-27)20-8-4-3-7-19(20)17-12-10-16(14-23)11-13-17/h2-4,6-8,10-13H,5,9,14-15,23H2,1H3. The van der Waals surface area contributed by atoms with E-state index in [1.165, 1.54) is 5.56 Å². The van der Waals surface area contributed by atoms with Gasteiger partial charge in [-0.05, 0) is 28.0 Å². The molecule has 0 fully saturated rings. The van der Waals surface area contributed by atoms with Crippen LogP contribution in [0.5, 0.6) is 0 Å². The predicted octanol–water partition coefficient (Wildman–Crippen LogP) is 3.39. The molecule has 0 aliphatic heterocycles. The van der Waals surface area contributed by atoms with E-state index in [1.807, 2.05) is 10.7 Å². The largest absolute Gasteiger partial charge is 0.501 e. The molecule has 140 valence electrons. The van der Waals surface area contributed by atoms with Crippen molar-refractivity contribution in [1.29, 1.82) is 0 Å². The minimum absolute atomic E-state index is 0.588. The number of hydrogen-bond acceptors (Lipinski definition) is 4. The van der Waals surface area contributed by atoms with E-state index < -0.39 is 0 Å². The topological polar surface area (TPSA) is 52.8 Å². The lowest BCUT2D eigenvalue weighted by Gasteiger charge is -2.16. The van der Waals surface area contributed by atoms with Crippen molar-refractivity contribution in [2.45, 2.75) is 25.7 Å². The first-order valence-corrected chi connectivity index (χ1v) is 9.67. The van der Waals surface area contributed by atoms with Crippen LogP contribution in [0.15, 0.2) is 72.0 Å². The highest BCUT2D eigenvalue weighted by molar-refractivity contribution is 6.08. The molecular formula is C22H23BN4O. The maximum absolute atomic E-state index is 5.56. The fourth-order valence-corrected chi connectivity index (χ4v) is 3.58. The van der Waals surface area contributed by atoms with Crippen LogP contribution in [0.3, 0.4) is 0 Å². The number of tetrazole rings is 1. The molecule has 0 N–H and O–H groups in total. The number of rotatable bonds is 6. The summed E-state index contributed by atoms with van der Waals surface area (Å²) in [6.07, 6.45) is 7.24. The molecule has 0 radical (unpaired) electrons. The molecule has 0 saturated carbocycles. The third-order valence-corrected chi connectivity index (χ3v) is 5.15. The van der Waals surface area contributed by atoms with Crippen molar-refractivity contribution >= 4 is 7.85 Å². The Labute approximate surface area is 166 Å². The molecule has 1 aliphatic rings. The third-order valence-electron chi connectivity index (χ3n) is 5.15. The van der Waals surface area contributed by atoms with Gasteiger partial charge < -0.3 is 4.74 Å². The lowest BCUT2D eigenvalue weighted by molar-refractivity contribution is 0.270. The summed E-state index contributed by atoms with van der Waals surface area (Å²) in [5.41, 5.74) is 5.76. The second-order valence-corrected chi connectivity index (χ2v) is 6.85. The summed E-state index contributed by atoms with van der Waals surface area (Å²) < 4.78 is 7.41. The van der Waals surface area contributed by atoms with Gasteiger partial charge in [0.1, 0.15) is 13.6 Å². The van der Waals surface area contributed by atoms with Crippen molar-refractivity contribution in [2.24, 2.45) is 0 Å².